The molecule has 12 aromatic rings. The average molecular weight is 1330 g/mol. The molecule has 3 amide bonds. The van der Waals surface area contributed by atoms with Crippen molar-refractivity contribution in [2.75, 3.05) is 54.0 Å². The second-order valence-corrected chi connectivity index (χ2v) is 23.2. The number of nitrogen functional groups attached to an aromatic ring is 6. The molecular formula is C57H52Cl3N21O10P+. The Morgan fingerprint density at radius 2 is 0.750 bits per heavy atom. The molecule has 0 unspecified atom stereocenters. The van der Waals surface area contributed by atoms with Gasteiger partial charge in [-0.3, -0.25) is 29.3 Å². The summed E-state index contributed by atoms with van der Waals surface area (Å²) in [5, 5.41) is 35.1. The van der Waals surface area contributed by atoms with Crippen LogP contribution in [0.25, 0.3) is 100 Å². The molecule has 0 atom stereocenters. The van der Waals surface area contributed by atoms with E-state index in [9.17, 15) is 19.3 Å². The van der Waals surface area contributed by atoms with Crippen molar-refractivity contribution in [3.05, 3.63) is 124 Å². The van der Waals surface area contributed by atoms with Gasteiger partial charge < -0.3 is 63.9 Å². The Morgan fingerprint density at radius 1 is 0.467 bits per heavy atom. The SMILES string of the molecule is CCNC(=O)c1cc(-c2ncc(-c3cnn(CO[P+](O)(OCn4cc(-c5cnc(-c6cc(C(=O)NCC)c(N)cc6Cl)c6c(N)noc56)cn4)OCn4cc(-c5cnc(-c6cc(C(=O)NCC)c(N)cc6Cl)c6c(N)noc56)cn4)c3)c3onc(N)c23)c(Cl)cc1N. The lowest BCUT2D eigenvalue weighted by molar-refractivity contribution is 0.0194. The number of fused-ring (bicyclic) bond motifs is 3. The van der Waals surface area contributed by atoms with Crippen LogP contribution in [0.2, 0.25) is 15.1 Å². The molecule has 31 nitrogen and oxygen atoms in total. The van der Waals surface area contributed by atoms with Gasteiger partial charge in [0.1, 0.15) is 0 Å². The quantitative estimate of drug-likeness (QED) is 0.0238. The van der Waals surface area contributed by atoms with Crippen LogP contribution < -0.4 is 50.4 Å². The van der Waals surface area contributed by atoms with Gasteiger partial charge in [0.15, 0.2) is 54.4 Å². The molecule has 3 aromatic carbocycles. The number of hydrogen-bond donors (Lipinski definition) is 10. The average Bonchev–Trinajstić information content (AvgIpc) is 1.48. The van der Waals surface area contributed by atoms with E-state index in [1.54, 1.807) is 39.4 Å². The summed E-state index contributed by atoms with van der Waals surface area (Å²) in [5.41, 5.74) is 43.8. The molecule has 35 heteroatoms. The van der Waals surface area contributed by atoms with Gasteiger partial charge in [0, 0.05) is 124 Å². The third kappa shape index (κ3) is 11.6. The van der Waals surface area contributed by atoms with E-state index in [0.29, 0.717) is 85.9 Å². The molecule has 0 saturated heterocycles. The Morgan fingerprint density at radius 3 is 1.02 bits per heavy atom. The first kappa shape index (κ1) is 61.7. The lowest BCUT2D eigenvalue weighted by atomic mass is 10.0. The van der Waals surface area contributed by atoms with Gasteiger partial charge in [-0.25, -0.2) is 14.0 Å². The van der Waals surface area contributed by atoms with Crippen molar-refractivity contribution in [3.8, 4) is 67.2 Å². The van der Waals surface area contributed by atoms with E-state index in [4.69, 9.17) is 111 Å². The van der Waals surface area contributed by atoms with Gasteiger partial charge in [-0.05, 0) is 57.2 Å². The van der Waals surface area contributed by atoms with Gasteiger partial charge in [-0.1, -0.05) is 50.3 Å². The highest BCUT2D eigenvalue weighted by Gasteiger charge is 2.46. The van der Waals surface area contributed by atoms with E-state index < -0.39 is 46.1 Å². The van der Waals surface area contributed by atoms with Crippen molar-refractivity contribution >= 4 is 128 Å². The summed E-state index contributed by atoms with van der Waals surface area (Å²) in [6.07, 6.45) is 13.7. The van der Waals surface area contributed by atoms with E-state index >= 15 is 0 Å². The van der Waals surface area contributed by atoms with Crippen molar-refractivity contribution in [3.63, 3.8) is 0 Å². The number of anilines is 6. The number of amides is 3. The minimum Gasteiger partial charge on any atom is -0.398 e. The standard InChI is InChI=1S/C57H51Cl3N21O10P/c1-4-67-55(82)31-7-28(37(58)10-40(31)61)46-43-49(89-76-52(43)64)34(16-70-46)25-13-73-79(19-25)22-86-92(85,87-23-80-20-26(14-74-80)35-17-71-47(44-50(35)90-77-53(44)65)29-8-32(56(83)68-5-2)41(62)11-38(29)59)88-24-81-21-27(15-75-81)36-18-72-48(45-51(36)91-78-54(45)66)30-9-33(57(84)69-6-3)42(63)12-39(30)60/h7-21,85H,4-6,22-24H2,1-3H3,(H14-,61,62,63,64,65,66,67,68,69,70,71,72,76,77,78,82,83,84)/p+1. The minimum absolute atomic E-state index is 0.0105. The molecule has 0 saturated carbocycles. The summed E-state index contributed by atoms with van der Waals surface area (Å²) in [4.78, 5) is 65.2. The fourth-order valence-corrected chi connectivity index (χ4v) is 11.8. The maximum absolute atomic E-state index is 12.9. The molecule has 9 aromatic heterocycles. The predicted molar refractivity (Wildman–Crippen MR) is 343 cm³/mol. The zero-order chi connectivity index (χ0) is 64.9. The van der Waals surface area contributed by atoms with Crippen molar-refractivity contribution in [1.82, 2.24) is 75.7 Å². The largest absolute Gasteiger partial charge is 0.578 e. The van der Waals surface area contributed by atoms with Gasteiger partial charge >= 0.3 is 8.17 Å². The number of nitrogens with zero attached hydrogens (tertiary/aromatic N) is 12. The lowest BCUT2D eigenvalue weighted by Crippen LogP contribution is -2.23. The number of nitrogens with two attached hydrogens (primary N) is 6. The molecule has 0 fully saturated rings. The van der Waals surface area contributed by atoms with Crippen molar-refractivity contribution in [2.24, 2.45) is 0 Å². The second-order valence-electron chi connectivity index (χ2n) is 20.3. The van der Waals surface area contributed by atoms with Crippen LogP contribution in [0.3, 0.4) is 0 Å². The van der Waals surface area contributed by atoms with Gasteiger partial charge in [0.2, 0.25) is 0 Å². The van der Waals surface area contributed by atoms with Crippen molar-refractivity contribution in [2.45, 2.75) is 41.0 Å². The number of carbonyl (C=O) groups excluding carboxylic acids is 3. The lowest BCUT2D eigenvalue weighted by Gasteiger charge is -2.15. The Kier molecular flexibility index (Phi) is 16.8. The fourth-order valence-electron chi connectivity index (χ4n) is 10.0. The zero-order valence-electron chi connectivity index (χ0n) is 48.4. The second kappa shape index (κ2) is 25.1. The topological polar surface area (TPSA) is 462 Å². The molecule has 0 spiro atoms. The fraction of sp³-hybridized carbons (Fsp3) is 0.158. The molecule has 0 radical (unpaired) electrons. The summed E-state index contributed by atoms with van der Waals surface area (Å²) in [6, 6.07) is 8.90. The molecule has 0 aliphatic carbocycles. The van der Waals surface area contributed by atoms with Gasteiger partial charge in [-0.15, -0.1) is 13.6 Å². The molecule has 12 rings (SSSR count). The number of nitrogens with one attached hydrogen (secondary N) is 3. The van der Waals surface area contributed by atoms with Gasteiger partial charge in [-0.2, -0.15) is 20.2 Å². The smallest absolute Gasteiger partial charge is 0.398 e. The number of pyridine rings is 3. The number of carbonyl (C=O) groups is 3. The molecule has 92 heavy (non-hydrogen) atoms. The summed E-state index contributed by atoms with van der Waals surface area (Å²) < 4.78 is 39.6. The van der Waals surface area contributed by atoms with Crippen LogP contribution in [0.15, 0.2) is 106 Å². The van der Waals surface area contributed by atoms with Gasteiger partial charge in [0.25, 0.3) is 17.7 Å². The van der Waals surface area contributed by atoms with E-state index in [2.05, 4.69) is 46.7 Å². The van der Waals surface area contributed by atoms with E-state index in [0.717, 1.165) is 0 Å². The maximum Gasteiger partial charge on any atom is 0.578 e. The summed E-state index contributed by atoms with van der Waals surface area (Å²) >= 11 is 20.1. The Balaban J connectivity index is 0.830. The van der Waals surface area contributed by atoms with E-state index in [-0.39, 0.29) is 100 Å². The molecule has 470 valence electrons. The Labute approximate surface area is 533 Å². The molecule has 0 aliphatic rings. The van der Waals surface area contributed by atoms with Crippen molar-refractivity contribution in [1.29, 1.82) is 0 Å². The zero-order valence-corrected chi connectivity index (χ0v) is 51.6. The Bertz CT molecular complexity index is 4430. The van der Waals surface area contributed by atoms with Crippen LogP contribution in [0, 0.1) is 0 Å². The maximum atomic E-state index is 12.9. The van der Waals surface area contributed by atoms with E-state index in [1.165, 1.54) is 87.6 Å². The minimum atomic E-state index is -4.46. The number of hydrogen-bond acceptors (Lipinski definition) is 25. The summed E-state index contributed by atoms with van der Waals surface area (Å²) in [6.45, 7) is 5.01. The van der Waals surface area contributed by atoms with Crippen LogP contribution >= 0.6 is 43.0 Å². The summed E-state index contributed by atoms with van der Waals surface area (Å²) in [5.74, 6) is -1.27. The number of halogens is 3. The van der Waals surface area contributed by atoms with Crippen LogP contribution in [0.5, 0.6) is 0 Å². The van der Waals surface area contributed by atoms with Crippen LogP contribution in [0.4, 0.5) is 34.5 Å². The van der Waals surface area contributed by atoms with Gasteiger partial charge in [0.05, 0.1) is 83.6 Å². The van der Waals surface area contributed by atoms with Crippen LogP contribution in [-0.4, -0.2) is 102 Å². The molecule has 16 N–H and O–H groups in total. The molecule has 0 bridgehead atoms. The number of aromatic nitrogens is 12. The highest BCUT2D eigenvalue weighted by Crippen LogP contribution is 2.59. The molecular weight excluding hydrogens is 1280 g/mol. The molecule has 0 aliphatic heterocycles. The Hall–Kier alpha value is -10.5. The third-order valence-electron chi connectivity index (χ3n) is 14.4. The molecule has 9 heterocycles. The number of rotatable bonds is 21. The highest BCUT2D eigenvalue weighted by molar-refractivity contribution is 7.55. The first-order valence-corrected chi connectivity index (χ1v) is 30.3. The van der Waals surface area contributed by atoms with Crippen LogP contribution in [-0.2, 0) is 33.8 Å². The normalized spacial score (nSPS) is 11.8. The highest BCUT2D eigenvalue weighted by atomic mass is 35.5. The number of benzene rings is 3. The van der Waals surface area contributed by atoms with Crippen molar-refractivity contribution < 1.29 is 46.4 Å². The first-order valence-electron chi connectivity index (χ1n) is 27.6. The predicted octanol–water partition coefficient (Wildman–Crippen LogP) is 8.58. The third-order valence-corrected chi connectivity index (χ3v) is 16.7. The summed E-state index contributed by atoms with van der Waals surface area (Å²) in [7, 11) is -4.46. The van der Waals surface area contributed by atoms with E-state index in [1.807, 2.05) is 0 Å². The first-order chi connectivity index (χ1) is 44.3. The van der Waals surface area contributed by atoms with Crippen LogP contribution in [0.1, 0.15) is 51.8 Å². The monoisotopic (exact) mass is 1330 g/mol.